The van der Waals surface area contributed by atoms with Crippen LogP contribution in [0.3, 0.4) is 0 Å². The van der Waals surface area contributed by atoms with E-state index >= 15 is 0 Å². The molecule has 0 aliphatic carbocycles. The molecule has 6 heteroatoms. The smallest absolute Gasteiger partial charge is 0.255 e. The van der Waals surface area contributed by atoms with Gasteiger partial charge in [-0.15, -0.1) is 0 Å². The van der Waals surface area contributed by atoms with Crippen molar-refractivity contribution in [3.63, 3.8) is 0 Å². The molecule has 0 bridgehead atoms. The van der Waals surface area contributed by atoms with Gasteiger partial charge in [0.05, 0.1) is 11.4 Å². The molecule has 1 atom stereocenters. The number of amides is 1. The Hall–Kier alpha value is -3.12. The van der Waals surface area contributed by atoms with Crippen LogP contribution in [0.1, 0.15) is 31.5 Å². The van der Waals surface area contributed by atoms with Crippen molar-refractivity contribution < 1.29 is 4.79 Å². The SMILES string of the molecule is CCN1CCN(C2=CN3C(=O)C=C(c4ccn5cc(C)nc5c4)C(C)CC=C3C=C2)CC1. The Morgan fingerprint density at radius 3 is 2.69 bits per heavy atom. The zero-order valence-electron chi connectivity index (χ0n) is 19.2. The molecule has 1 unspecified atom stereocenters. The Bertz CT molecular complexity index is 1160. The van der Waals surface area contributed by atoms with Crippen molar-refractivity contribution in [2.75, 3.05) is 32.7 Å². The molecule has 2 aromatic heterocycles. The summed E-state index contributed by atoms with van der Waals surface area (Å²) in [5.41, 5.74) is 6.11. The highest BCUT2D eigenvalue weighted by atomic mass is 16.2. The van der Waals surface area contributed by atoms with Crippen LogP contribution in [0.2, 0.25) is 0 Å². The molecule has 3 aliphatic heterocycles. The highest BCUT2D eigenvalue weighted by molar-refractivity contribution is 5.98. The lowest BCUT2D eigenvalue weighted by atomic mass is 9.89. The third-order valence-corrected chi connectivity index (χ3v) is 6.79. The van der Waals surface area contributed by atoms with E-state index in [2.05, 4.69) is 59.0 Å². The van der Waals surface area contributed by atoms with E-state index in [0.29, 0.717) is 0 Å². The number of imidazole rings is 1. The number of allylic oxidation sites excluding steroid dienone is 4. The van der Waals surface area contributed by atoms with E-state index in [9.17, 15) is 4.79 Å². The Labute approximate surface area is 189 Å². The molecule has 5 heterocycles. The highest BCUT2D eigenvalue weighted by Gasteiger charge is 2.25. The van der Waals surface area contributed by atoms with Crippen LogP contribution in [0.25, 0.3) is 11.2 Å². The third-order valence-electron chi connectivity index (χ3n) is 6.79. The Balaban J connectivity index is 1.44. The number of hydrogen-bond donors (Lipinski definition) is 0. The van der Waals surface area contributed by atoms with Crippen molar-refractivity contribution in [2.24, 2.45) is 5.92 Å². The largest absolute Gasteiger partial charge is 0.368 e. The summed E-state index contributed by atoms with van der Waals surface area (Å²) in [6.07, 6.45) is 15.2. The number of piperazine rings is 1. The van der Waals surface area contributed by atoms with Gasteiger partial charge in [0.15, 0.2) is 0 Å². The van der Waals surface area contributed by atoms with Crippen molar-refractivity contribution in [3.05, 3.63) is 77.7 Å². The van der Waals surface area contributed by atoms with Gasteiger partial charge < -0.3 is 14.2 Å². The number of carbonyl (C=O) groups excluding carboxylic acids is 1. The van der Waals surface area contributed by atoms with Crippen LogP contribution in [0, 0.1) is 12.8 Å². The first-order chi connectivity index (χ1) is 15.5. The molecule has 0 aromatic carbocycles. The summed E-state index contributed by atoms with van der Waals surface area (Å²) in [5, 5.41) is 0. The number of pyridine rings is 1. The van der Waals surface area contributed by atoms with E-state index in [4.69, 9.17) is 0 Å². The molecule has 1 fully saturated rings. The van der Waals surface area contributed by atoms with Gasteiger partial charge in [0.1, 0.15) is 5.65 Å². The summed E-state index contributed by atoms with van der Waals surface area (Å²) in [5.74, 6) is 0.249. The molecule has 1 amide bonds. The van der Waals surface area contributed by atoms with Gasteiger partial charge in [-0.05, 0) is 61.2 Å². The minimum absolute atomic E-state index is 0.00578. The number of likely N-dealkylation sites (N-methyl/N-ethyl adjacent to an activating group) is 1. The zero-order chi connectivity index (χ0) is 22.2. The summed E-state index contributed by atoms with van der Waals surface area (Å²) >= 11 is 0. The van der Waals surface area contributed by atoms with Gasteiger partial charge >= 0.3 is 0 Å². The predicted molar refractivity (Wildman–Crippen MR) is 128 cm³/mol. The van der Waals surface area contributed by atoms with E-state index < -0.39 is 0 Å². The van der Waals surface area contributed by atoms with Crippen molar-refractivity contribution >= 4 is 17.1 Å². The van der Waals surface area contributed by atoms with Crippen LogP contribution in [0.4, 0.5) is 0 Å². The number of fused-ring (bicyclic) bond motifs is 2. The van der Waals surface area contributed by atoms with Crippen molar-refractivity contribution in [2.45, 2.75) is 27.2 Å². The fraction of sp³-hybridized carbons (Fsp3) is 0.385. The molecular weight excluding hydrogens is 398 g/mol. The number of hydrogen-bond acceptors (Lipinski definition) is 4. The van der Waals surface area contributed by atoms with Gasteiger partial charge in [-0.25, -0.2) is 4.98 Å². The minimum Gasteiger partial charge on any atom is -0.368 e. The van der Waals surface area contributed by atoms with E-state index in [0.717, 1.165) is 73.0 Å². The molecule has 166 valence electrons. The topological polar surface area (TPSA) is 44.1 Å². The first kappa shape index (κ1) is 20.8. The van der Waals surface area contributed by atoms with Gasteiger partial charge in [0, 0.05) is 56.5 Å². The third kappa shape index (κ3) is 3.91. The van der Waals surface area contributed by atoms with Crippen molar-refractivity contribution in [1.29, 1.82) is 0 Å². The Morgan fingerprint density at radius 1 is 1.12 bits per heavy atom. The summed E-state index contributed by atoms with van der Waals surface area (Å²) < 4.78 is 2.02. The van der Waals surface area contributed by atoms with Crippen LogP contribution >= 0.6 is 0 Å². The standard InChI is InChI=1S/C26H31N5O/c1-4-28-11-13-29(14-12-28)23-8-7-22-6-5-19(2)24(16-26(32)31(22)18-23)21-9-10-30-17-20(3)27-25(30)15-21/h6-10,15-19H,4-5,11-14H2,1-3H3. The van der Waals surface area contributed by atoms with Crippen molar-refractivity contribution in [3.8, 4) is 0 Å². The second kappa shape index (κ2) is 8.43. The molecule has 0 N–H and O–H groups in total. The van der Waals surface area contributed by atoms with Gasteiger partial charge in [0.2, 0.25) is 0 Å². The van der Waals surface area contributed by atoms with Crippen molar-refractivity contribution in [1.82, 2.24) is 24.1 Å². The van der Waals surface area contributed by atoms with E-state index in [-0.39, 0.29) is 11.8 Å². The van der Waals surface area contributed by atoms with E-state index in [1.54, 1.807) is 0 Å². The fourth-order valence-electron chi connectivity index (χ4n) is 4.79. The molecule has 0 spiro atoms. The number of rotatable bonds is 3. The summed E-state index contributed by atoms with van der Waals surface area (Å²) in [7, 11) is 0. The second-order valence-corrected chi connectivity index (χ2v) is 8.95. The monoisotopic (exact) mass is 429 g/mol. The van der Waals surface area contributed by atoms with Crippen LogP contribution in [-0.4, -0.2) is 62.7 Å². The predicted octanol–water partition coefficient (Wildman–Crippen LogP) is 3.83. The van der Waals surface area contributed by atoms with Gasteiger partial charge in [-0.2, -0.15) is 0 Å². The Morgan fingerprint density at radius 2 is 1.91 bits per heavy atom. The van der Waals surface area contributed by atoms with Gasteiger partial charge in [-0.1, -0.05) is 19.9 Å². The maximum atomic E-state index is 13.4. The molecule has 2 aromatic rings. The number of aryl methyl sites for hydroxylation is 1. The summed E-state index contributed by atoms with van der Waals surface area (Å²) in [4.78, 5) is 24.7. The van der Waals surface area contributed by atoms with E-state index in [1.807, 2.05) is 40.9 Å². The molecule has 6 nitrogen and oxygen atoms in total. The van der Waals surface area contributed by atoms with Gasteiger partial charge in [0.25, 0.3) is 5.91 Å². The quantitative estimate of drug-likeness (QED) is 0.744. The molecular formula is C26H31N5O. The average molecular weight is 430 g/mol. The average Bonchev–Trinajstić information content (AvgIpc) is 3.19. The molecule has 5 rings (SSSR count). The number of nitrogens with zero attached hydrogens (tertiary/aromatic N) is 5. The van der Waals surface area contributed by atoms with Crippen LogP contribution in [0.5, 0.6) is 0 Å². The lowest BCUT2D eigenvalue weighted by Crippen LogP contribution is -2.46. The normalized spacial score (nSPS) is 22.3. The molecule has 3 aliphatic rings. The number of aromatic nitrogens is 2. The first-order valence-electron chi connectivity index (χ1n) is 11.6. The van der Waals surface area contributed by atoms with Crippen LogP contribution in [0.15, 0.2) is 66.4 Å². The lowest BCUT2D eigenvalue weighted by molar-refractivity contribution is -0.122. The minimum atomic E-state index is 0.00578. The summed E-state index contributed by atoms with van der Waals surface area (Å²) in [6, 6.07) is 4.17. The second-order valence-electron chi connectivity index (χ2n) is 8.95. The van der Waals surface area contributed by atoms with Crippen LogP contribution in [-0.2, 0) is 4.79 Å². The van der Waals surface area contributed by atoms with Gasteiger partial charge in [-0.3, -0.25) is 9.69 Å². The molecule has 0 saturated carbocycles. The van der Waals surface area contributed by atoms with E-state index in [1.165, 1.54) is 0 Å². The fourth-order valence-corrected chi connectivity index (χ4v) is 4.79. The summed E-state index contributed by atoms with van der Waals surface area (Å²) in [6.45, 7) is 11.6. The Kier molecular flexibility index (Phi) is 5.47. The maximum Gasteiger partial charge on any atom is 0.255 e. The maximum absolute atomic E-state index is 13.4. The zero-order valence-corrected chi connectivity index (χ0v) is 19.2. The molecule has 1 saturated heterocycles. The first-order valence-corrected chi connectivity index (χ1v) is 11.6. The molecule has 32 heavy (non-hydrogen) atoms. The van der Waals surface area contributed by atoms with Crippen LogP contribution < -0.4 is 0 Å². The molecule has 0 radical (unpaired) electrons. The number of carbonyl (C=O) groups is 1. The highest BCUT2D eigenvalue weighted by Crippen LogP contribution is 2.32. The lowest BCUT2D eigenvalue weighted by Gasteiger charge is -2.38.